The van der Waals surface area contributed by atoms with Crippen molar-refractivity contribution >= 4 is 5.97 Å². The Morgan fingerprint density at radius 1 is 1.46 bits per heavy atom. The van der Waals surface area contributed by atoms with E-state index in [1.807, 2.05) is 0 Å². The van der Waals surface area contributed by atoms with Gasteiger partial charge in [0.1, 0.15) is 0 Å². The van der Waals surface area contributed by atoms with Gasteiger partial charge in [-0.05, 0) is 18.3 Å². The van der Waals surface area contributed by atoms with Crippen LogP contribution in [-0.2, 0) is 4.79 Å². The van der Waals surface area contributed by atoms with Crippen molar-refractivity contribution in [3.05, 3.63) is 0 Å². The molecule has 0 aromatic rings. The van der Waals surface area contributed by atoms with E-state index in [0.717, 1.165) is 19.3 Å². The molecule has 0 aliphatic rings. The van der Waals surface area contributed by atoms with Crippen molar-refractivity contribution in [2.45, 2.75) is 39.5 Å². The number of carboxylic acid groups (broad SMARTS) is 1. The normalized spacial score (nSPS) is 15.3. The first-order valence-corrected chi connectivity index (χ1v) is 4.92. The molecule has 2 N–H and O–H groups in total. The first-order valence-electron chi connectivity index (χ1n) is 4.92. The van der Waals surface area contributed by atoms with Crippen LogP contribution in [0.4, 0.5) is 0 Å². The van der Waals surface area contributed by atoms with Gasteiger partial charge in [-0.3, -0.25) is 4.79 Å². The molecule has 0 aromatic heterocycles. The topological polar surface area (TPSA) is 57.5 Å². The standard InChI is InChI=1S/C10H20O3/c1-3-4-8(2)5-9(7-11)6-10(12)13/h8-9,11H,3-7H2,1-2H3,(H,12,13)/t8-,9-/m0/s1. The maximum Gasteiger partial charge on any atom is 0.303 e. The van der Waals surface area contributed by atoms with Crippen molar-refractivity contribution in [1.82, 2.24) is 0 Å². The summed E-state index contributed by atoms with van der Waals surface area (Å²) < 4.78 is 0. The lowest BCUT2D eigenvalue weighted by molar-refractivity contribution is -0.138. The number of aliphatic hydroxyl groups excluding tert-OH is 1. The van der Waals surface area contributed by atoms with E-state index in [-0.39, 0.29) is 18.9 Å². The number of aliphatic carboxylic acids is 1. The van der Waals surface area contributed by atoms with Crippen molar-refractivity contribution in [3.8, 4) is 0 Å². The molecule has 0 aromatic carbocycles. The van der Waals surface area contributed by atoms with Crippen LogP contribution in [0, 0.1) is 11.8 Å². The highest BCUT2D eigenvalue weighted by atomic mass is 16.4. The summed E-state index contributed by atoms with van der Waals surface area (Å²) >= 11 is 0. The van der Waals surface area contributed by atoms with Crippen molar-refractivity contribution < 1.29 is 15.0 Å². The van der Waals surface area contributed by atoms with E-state index in [2.05, 4.69) is 13.8 Å². The van der Waals surface area contributed by atoms with Gasteiger partial charge in [0.25, 0.3) is 0 Å². The van der Waals surface area contributed by atoms with Gasteiger partial charge in [0.2, 0.25) is 0 Å². The third-order valence-electron chi connectivity index (χ3n) is 2.24. The first-order chi connectivity index (χ1) is 6.10. The fourth-order valence-electron chi connectivity index (χ4n) is 1.65. The molecule has 0 aliphatic heterocycles. The number of carboxylic acids is 1. The number of hydrogen-bond donors (Lipinski definition) is 2. The van der Waals surface area contributed by atoms with Gasteiger partial charge in [0, 0.05) is 6.61 Å². The molecule has 13 heavy (non-hydrogen) atoms. The third kappa shape index (κ3) is 6.58. The molecular formula is C10H20O3. The predicted octanol–water partition coefficient (Wildman–Crippen LogP) is 1.90. The predicted molar refractivity (Wildman–Crippen MR) is 51.5 cm³/mol. The Labute approximate surface area is 79.8 Å². The van der Waals surface area contributed by atoms with Crippen molar-refractivity contribution in [1.29, 1.82) is 0 Å². The molecule has 0 aliphatic carbocycles. The van der Waals surface area contributed by atoms with E-state index in [1.54, 1.807) is 0 Å². The highest BCUT2D eigenvalue weighted by Gasteiger charge is 2.15. The SMILES string of the molecule is CCC[C@H](C)C[C@H](CO)CC(=O)O. The molecule has 0 fully saturated rings. The smallest absolute Gasteiger partial charge is 0.303 e. The molecule has 3 heteroatoms. The van der Waals surface area contributed by atoms with Gasteiger partial charge in [-0.15, -0.1) is 0 Å². The molecule has 0 heterocycles. The molecule has 0 rings (SSSR count). The summed E-state index contributed by atoms with van der Waals surface area (Å²) in [5.41, 5.74) is 0. The largest absolute Gasteiger partial charge is 0.481 e. The molecule has 0 bridgehead atoms. The molecule has 0 radical (unpaired) electrons. The van der Waals surface area contributed by atoms with Gasteiger partial charge in [-0.2, -0.15) is 0 Å². The fourth-order valence-corrected chi connectivity index (χ4v) is 1.65. The van der Waals surface area contributed by atoms with E-state index in [1.165, 1.54) is 0 Å². The average molecular weight is 188 g/mol. The Morgan fingerprint density at radius 3 is 2.46 bits per heavy atom. The second kappa shape index (κ2) is 6.89. The Kier molecular flexibility index (Phi) is 6.59. The summed E-state index contributed by atoms with van der Waals surface area (Å²) in [6.07, 6.45) is 3.13. The third-order valence-corrected chi connectivity index (χ3v) is 2.24. The lowest BCUT2D eigenvalue weighted by atomic mass is 9.91. The number of rotatable bonds is 7. The molecule has 0 saturated carbocycles. The lowest BCUT2D eigenvalue weighted by Crippen LogP contribution is -2.15. The van der Waals surface area contributed by atoms with E-state index in [4.69, 9.17) is 10.2 Å². The minimum atomic E-state index is -0.817. The molecule has 3 nitrogen and oxygen atoms in total. The van der Waals surface area contributed by atoms with Crippen LogP contribution < -0.4 is 0 Å². The summed E-state index contributed by atoms with van der Waals surface area (Å²) in [4.78, 5) is 10.4. The average Bonchev–Trinajstić information content (AvgIpc) is 2.02. The summed E-state index contributed by atoms with van der Waals surface area (Å²) in [5.74, 6) is -0.372. The van der Waals surface area contributed by atoms with E-state index < -0.39 is 5.97 Å². The van der Waals surface area contributed by atoms with Gasteiger partial charge in [0.05, 0.1) is 6.42 Å². The Morgan fingerprint density at radius 2 is 2.08 bits per heavy atom. The quantitative estimate of drug-likeness (QED) is 0.641. The van der Waals surface area contributed by atoms with Crippen LogP contribution in [0.15, 0.2) is 0 Å². The number of aliphatic hydroxyl groups is 1. The molecular weight excluding hydrogens is 168 g/mol. The molecule has 0 amide bonds. The summed E-state index contributed by atoms with van der Waals surface area (Å²) in [7, 11) is 0. The van der Waals surface area contributed by atoms with Crippen LogP contribution in [0.2, 0.25) is 0 Å². The Bertz CT molecular complexity index is 145. The second-order valence-corrected chi connectivity index (χ2v) is 3.78. The number of hydrogen-bond acceptors (Lipinski definition) is 2. The maximum absolute atomic E-state index is 10.4. The first kappa shape index (κ1) is 12.4. The lowest BCUT2D eigenvalue weighted by Gasteiger charge is -2.16. The molecule has 2 atom stereocenters. The van der Waals surface area contributed by atoms with E-state index in [0.29, 0.717) is 5.92 Å². The van der Waals surface area contributed by atoms with E-state index in [9.17, 15) is 4.79 Å². The van der Waals surface area contributed by atoms with E-state index >= 15 is 0 Å². The summed E-state index contributed by atoms with van der Waals surface area (Å²) in [5, 5.41) is 17.5. The second-order valence-electron chi connectivity index (χ2n) is 3.78. The zero-order chi connectivity index (χ0) is 10.3. The minimum absolute atomic E-state index is 0.0135. The van der Waals surface area contributed by atoms with Crippen LogP contribution in [0.5, 0.6) is 0 Å². The van der Waals surface area contributed by atoms with Gasteiger partial charge in [-0.25, -0.2) is 0 Å². The van der Waals surface area contributed by atoms with Crippen molar-refractivity contribution in [2.24, 2.45) is 11.8 Å². The van der Waals surface area contributed by atoms with Crippen LogP contribution >= 0.6 is 0 Å². The van der Waals surface area contributed by atoms with Gasteiger partial charge in [-0.1, -0.05) is 26.7 Å². The fraction of sp³-hybridized carbons (Fsp3) is 0.900. The highest BCUT2D eigenvalue weighted by Crippen LogP contribution is 2.19. The molecule has 78 valence electrons. The monoisotopic (exact) mass is 188 g/mol. The zero-order valence-corrected chi connectivity index (χ0v) is 8.49. The molecule has 0 unspecified atom stereocenters. The Balaban J connectivity index is 3.75. The highest BCUT2D eigenvalue weighted by molar-refractivity contribution is 5.67. The van der Waals surface area contributed by atoms with Crippen LogP contribution in [0.1, 0.15) is 39.5 Å². The van der Waals surface area contributed by atoms with Crippen LogP contribution in [-0.4, -0.2) is 22.8 Å². The summed E-state index contributed by atoms with van der Waals surface area (Å²) in [6.45, 7) is 4.20. The van der Waals surface area contributed by atoms with Gasteiger partial charge >= 0.3 is 5.97 Å². The van der Waals surface area contributed by atoms with Crippen LogP contribution in [0.25, 0.3) is 0 Å². The van der Waals surface area contributed by atoms with Crippen molar-refractivity contribution in [3.63, 3.8) is 0 Å². The maximum atomic E-state index is 10.4. The van der Waals surface area contributed by atoms with Gasteiger partial charge < -0.3 is 10.2 Å². The summed E-state index contributed by atoms with van der Waals surface area (Å²) in [6, 6.07) is 0. The molecule has 0 spiro atoms. The molecule has 0 saturated heterocycles. The van der Waals surface area contributed by atoms with Gasteiger partial charge in [0.15, 0.2) is 0 Å². The Hall–Kier alpha value is -0.570. The number of carbonyl (C=O) groups is 1. The van der Waals surface area contributed by atoms with Crippen molar-refractivity contribution in [2.75, 3.05) is 6.61 Å². The zero-order valence-electron chi connectivity index (χ0n) is 8.49. The minimum Gasteiger partial charge on any atom is -0.481 e. The van der Waals surface area contributed by atoms with Crippen LogP contribution in [0.3, 0.4) is 0 Å².